The van der Waals surface area contributed by atoms with Crippen LogP contribution >= 0.6 is 11.6 Å². The summed E-state index contributed by atoms with van der Waals surface area (Å²) in [7, 11) is 0. The van der Waals surface area contributed by atoms with Crippen molar-refractivity contribution in [2.24, 2.45) is 0 Å². The highest BCUT2D eigenvalue weighted by Crippen LogP contribution is 2.19. The third-order valence-corrected chi connectivity index (χ3v) is 3.90. The fourth-order valence-electron chi connectivity index (χ4n) is 2.42. The molecule has 26 heavy (non-hydrogen) atoms. The second kappa shape index (κ2) is 7.51. The lowest BCUT2D eigenvalue weighted by atomic mass is 10.2. The highest BCUT2D eigenvalue weighted by Gasteiger charge is 2.12. The molecule has 3 aromatic rings. The van der Waals surface area contributed by atoms with Crippen molar-refractivity contribution in [2.75, 3.05) is 6.61 Å². The lowest BCUT2D eigenvalue weighted by Gasteiger charge is -2.14. The molecule has 0 saturated carbocycles. The lowest BCUT2D eigenvalue weighted by molar-refractivity contribution is -0.384. The minimum atomic E-state index is -1.01. The van der Waals surface area contributed by atoms with E-state index in [1.165, 1.54) is 35.2 Å². The number of rotatable bonds is 6. The largest absolute Gasteiger partial charge is 0.491 e. The van der Waals surface area contributed by atoms with Crippen LogP contribution in [0, 0.1) is 10.1 Å². The zero-order valence-electron chi connectivity index (χ0n) is 13.4. The van der Waals surface area contributed by atoms with E-state index >= 15 is 0 Å². The van der Waals surface area contributed by atoms with Gasteiger partial charge in [-0.3, -0.25) is 19.5 Å². The Balaban J connectivity index is 1.70. The fourth-order valence-corrected chi connectivity index (χ4v) is 2.59. The van der Waals surface area contributed by atoms with E-state index in [-0.39, 0.29) is 30.1 Å². The Kier molecular flexibility index (Phi) is 5.15. The highest BCUT2D eigenvalue weighted by molar-refractivity contribution is 6.31. The Morgan fingerprint density at radius 2 is 2.12 bits per heavy atom. The maximum absolute atomic E-state index is 12.4. The topological polar surface area (TPSA) is 107 Å². The second-order valence-electron chi connectivity index (χ2n) is 5.58. The Morgan fingerprint density at radius 3 is 2.88 bits per heavy atom. The van der Waals surface area contributed by atoms with E-state index in [1.807, 2.05) is 0 Å². The van der Waals surface area contributed by atoms with Crippen LogP contribution in [0.4, 0.5) is 5.69 Å². The van der Waals surface area contributed by atoms with E-state index in [1.54, 1.807) is 18.2 Å². The SMILES string of the molecule is O=c1c2cc(Cl)ccc2ncn1C[C@@H](O)COc1cccc([N+](=O)[O-])c1. The molecular formula is C17H14ClN3O5. The van der Waals surface area contributed by atoms with Gasteiger partial charge in [0.05, 0.1) is 34.8 Å². The summed E-state index contributed by atoms with van der Waals surface area (Å²) >= 11 is 5.91. The van der Waals surface area contributed by atoms with Crippen LogP contribution in [0.3, 0.4) is 0 Å². The first kappa shape index (κ1) is 17.8. The number of halogens is 1. The summed E-state index contributed by atoms with van der Waals surface area (Å²) in [5, 5.41) is 21.6. The van der Waals surface area contributed by atoms with Crippen molar-refractivity contribution < 1.29 is 14.8 Å². The number of nitro groups is 1. The van der Waals surface area contributed by atoms with Gasteiger partial charge in [-0.05, 0) is 24.3 Å². The molecule has 9 heteroatoms. The van der Waals surface area contributed by atoms with Crippen molar-refractivity contribution in [1.29, 1.82) is 0 Å². The first-order valence-electron chi connectivity index (χ1n) is 7.64. The first-order valence-corrected chi connectivity index (χ1v) is 8.02. The van der Waals surface area contributed by atoms with Crippen LogP contribution in [0.1, 0.15) is 0 Å². The molecule has 8 nitrogen and oxygen atoms in total. The first-order chi connectivity index (χ1) is 12.4. The summed E-state index contributed by atoms with van der Waals surface area (Å²) in [6.45, 7) is -0.176. The number of nitro benzene ring substituents is 1. The zero-order chi connectivity index (χ0) is 18.7. The molecule has 0 bridgehead atoms. The molecule has 134 valence electrons. The van der Waals surface area contributed by atoms with Gasteiger partial charge in [-0.25, -0.2) is 4.98 Å². The summed E-state index contributed by atoms with van der Waals surface area (Å²) < 4.78 is 6.63. The van der Waals surface area contributed by atoms with Crippen LogP contribution in [0.15, 0.2) is 53.6 Å². The zero-order valence-corrected chi connectivity index (χ0v) is 14.2. The van der Waals surface area contributed by atoms with E-state index in [0.29, 0.717) is 15.9 Å². The van der Waals surface area contributed by atoms with Crippen molar-refractivity contribution in [1.82, 2.24) is 9.55 Å². The van der Waals surface area contributed by atoms with Gasteiger partial charge in [0.1, 0.15) is 18.5 Å². The molecular weight excluding hydrogens is 362 g/mol. The van der Waals surface area contributed by atoms with E-state index in [4.69, 9.17) is 16.3 Å². The average molecular weight is 376 g/mol. The van der Waals surface area contributed by atoms with Crippen LogP contribution in [0.25, 0.3) is 10.9 Å². The number of aliphatic hydroxyl groups is 1. The third kappa shape index (κ3) is 3.98. The van der Waals surface area contributed by atoms with Crippen molar-refractivity contribution >= 4 is 28.2 Å². The molecule has 1 atom stereocenters. The number of aliphatic hydroxyl groups excluding tert-OH is 1. The Hall–Kier alpha value is -2.97. The summed E-state index contributed by atoms with van der Waals surface area (Å²) in [5.74, 6) is 0.258. The van der Waals surface area contributed by atoms with Crippen LogP contribution in [-0.2, 0) is 6.54 Å². The molecule has 2 aromatic carbocycles. The molecule has 0 aliphatic heterocycles. The number of nitrogens with zero attached hydrogens (tertiary/aromatic N) is 3. The summed E-state index contributed by atoms with van der Waals surface area (Å²) in [4.78, 5) is 26.8. The molecule has 0 aliphatic rings. The van der Waals surface area contributed by atoms with Crippen LogP contribution in [0.5, 0.6) is 5.75 Å². The predicted molar refractivity (Wildman–Crippen MR) is 95.6 cm³/mol. The summed E-state index contributed by atoms with van der Waals surface area (Å²) in [5.41, 5.74) is 0.0775. The lowest BCUT2D eigenvalue weighted by Crippen LogP contribution is -2.30. The Labute approximate surface area is 152 Å². The molecule has 1 heterocycles. The molecule has 0 fully saturated rings. The monoisotopic (exact) mass is 375 g/mol. The maximum atomic E-state index is 12.4. The Morgan fingerprint density at radius 1 is 1.31 bits per heavy atom. The van der Waals surface area contributed by atoms with E-state index < -0.39 is 11.0 Å². The maximum Gasteiger partial charge on any atom is 0.273 e. The van der Waals surface area contributed by atoms with Crippen LogP contribution in [-0.4, -0.2) is 32.3 Å². The predicted octanol–water partition coefficient (Wildman–Crippen LogP) is 2.40. The van der Waals surface area contributed by atoms with Gasteiger partial charge in [0.15, 0.2) is 0 Å². The summed E-state index contributed by atoms with van der Waals surface area (Å²) in [6.07, 6.45) is 0.334. The number of aromatic nitrogens is 2. The number of benzene rings is 2. The number of ether oxygens (including phenoxy) is 1. The number of hydrogen-bond acceptors (Lipinski definition) is 6. The van der Waals surface area contributed by atoms with Gasteiger partial charge in [-0.15, -0.1) is 0 Å². The third-order valence-electron chi connectivity index (χ3n) is 3.66. The highest BCUT2D eigenvalue weighted by atomic mass is 35.5. The quantitative estimate of drug-likeness (QED) is 0.523. The molecule has 0 saturated heterocycles. The fraction of sp³-hybridized carbons (Fsp3) is 0.176. The molecule has 0 unspecified atom stereocenters. The van der Waals surface area contributed by atoms with Crippen molar-refractivity contribution in [3.8, 4) is 5.75 Å². The van der Waals surface area contributed by atoms with Gasteiger partial charge < -0.3 is 9.84 Å². The minimum absolute atomic E-state index is 0.0385. The molecule has 0 amide bonds. The van der Waals surface area contributed by atoms with Gasteiger partial charge in [0.2, 0.25) is 0 Å². The smallest absolute Gasteiger partial charge is 0.273 e. The molecule has 0 aliphatic carbocycles. The van der Waals surface area contributed by atoms with Gasteiger partial charge in [0, 0.05) is 11.1 Å². The van der Waals surface area contributed by atoms with Gasteiger partial charge >= 0.3 is 0 Å². The van der Waals surface area contributed by atoms with E-state index in [0.717, 1.165) is 0 Å². The minimum Gasteiger partial charge on any atom is -0.491 e. The normalized spacial score (nSPS) is 12.1. The van der Waals surface area contributed by atoms with Crippen molar-refractivity contribution in [3.05, 3.63) is 74.3 Å². The molecule has 0 spiro atoms. The Bertz CT molecular complexity index is 1020. The van der Waals surface area contributed by atoms with Gasteiger partial charge in [-0.2, -0.15) is 0 Å². The second-order valence-corrected chi connectivity index (χ2v) is 6.02. The molecule has 1 N–H and O–H groups in total. The molecule has 0 radical (unpaired) electrons. The van der Waals surface area contributed by atoms with Crippen LogP contribution in [0.2, 0.25) is 5.02 Å². The van der Waals surface area contributed by atoms with E-state index in [9.17, 15) is 20.0 Å². The van der Waals surface area contributed by atoms with E-state index in [2.05, 4.69) is 4.98 Å². The molecule has 3 rings (SSSR count). The van der Waals surface area contributed by atoms with Gasteiger partial charge in [0.25, 0.3) is 11.2 Å². The standard InChI is InChI=1S/C17H14ClN3O5/c18-11-4-5-16-15(6-11)17(23)20(10-19-16)8-13(22)9-26-14-3-1-2-12(7-14)21(24)25/h1-7,10,13,22H,8-9H2/t13-/m1/s1. The number of non-ortho nitro benzene ring substituents is 1. The van der Waals surface area contributed by atoms with Crippen molar-refractivity contribution in [3.63, 3.8) is 0 Å². The van der Waals surface area contributed by atoms with Crippen LogP contribution < -0.4 is 10.3 Å². The number of fused-ring (bicyclic) bond motifs is 1. The number of hydrogen-bond donors (Lipinski definition) is 1. The average Bonchev–Trinajstić information content (AvgIpc) is 2.63. The van der Waals surface area contributed by atoms with Crippen molar-refractivity contribution in [2.45, 2.75) is 12.6 Å². The van der Waals surface area contributed by atoms with Gasteiger partial charge in [-0.1, -0.05) is 17.7 Å². The molecule has 1 aromatic heterocycles. The summed E-state index contributed by atoms with van der Waals surface area (Å²) in [6, 6.07) is 10.4.